The van der Waals surface area contributed by atoms with Gasteiger partial charge in [0.1, 0.15) is 5.82 Å². The molecule has 1 fully saturated rings. The van der Waals surface area contributed by atoms with Gasteiger partial charge in [-0.05, 0) is 19.1 Å². The van der Waals surface area contributed by atoms with Gasteiger partial charge in [-0.1, -0.05) is 0 Å². The summed E-state index contributed by atoms with van der Waals surface area (Å²) < 4.78 is 0. The van der Waals surface area contributed by atoms with Crippen molar-refractivity contribution in [3.05, 3.63) is 23.4 Å². The molecular weight excluding hydrogens is 234 g/mol. The molecule has 2 N–H and O–H groups in total. The highest BCUT2D eigenvalue weighted by Gasteiger charge is 2.16. The van der Waals surface area contributed by atoms with Gasteiger partial charge in [0.05, 0.1) is 5.56 Å². The molecule has 96 valence electrons. The molecule has 0 aromatic carbocycles. The quantitative estimate of drug-likeness (QED) is 0.793. The number of aryl methyl sites for hydroxylation is 1. The van der Waals surface area contributed by atoms with Crippen LogP contribution in [0, 0.1) is 6.92 Å². The van der Waals surface area contributed by atoms with E-state index in [2.05, 4.69) is 10.3 Å². The Labute approximate surface area is 105 Å². The van der Waals surface area contributed by atoms with E-state index in [0.29, 0.717) is 37.6 Å². The van der Waals surface area contributed by atoms with Crippen LogP contribution in [0.3, 0.4) is 0 Å². The van der Waals surface area contributed by atoms with Crippen LogP contribution in [0.15, 0.2) is 12.1 Å². The third kappa shape index (κ3) is 2.77. The zero-order valence-corrected chi connectivity index (χ0v) is 10.1. The van der Waals surface area contributed by atoms with Crippen molar-refractivity contribution in [1.29, 1.82) is 0 Å². The van der Waals surface area contributed by atoms with Crippen LogP contribution < -0.4 is 10.2 Å². The second-order valence-electron chi connectivity index (χ2n) is 4.25. The van der Waals surface area contributed by atoms with Crippen LogP contribution in [0.4, 0.5) is 5.82 Å². The van der Waals surface area contributed by atoms with Crippen molar-refractivity contribution in [2.75, 3.05) is 24.5 Å². The molecule has 0 spiro atoms. The Balaban J connectivity index is 2.26. The van der Waals surface area contributed by atoms with E-state index in [9.17, 15) is 9.59 Å². The number of hydrogen-bond donors (Lipinski definition) is 2. The van der Waals surface area contributed by atoms with E-state index in [1.807, 2.05) is 4.90 Å². The van der Waals surface area contributed by atoms with E-state index in [4.69, 9.17) is 5.11 Å². The first-order chi connectivity index (χ1) is 8.56. The molecule has 1 aliphatic rings. The van der Waals surface area contributed by atoms with Gasteiger partial charge in [-0.25, -0.2) is 9.78 Å². The Morgan fingerprint density at radius 2 is 2.22 bits per heavy atom. The molecule has 1 aliphatic heterocycles. The number of aromatic carboxylic acids is 1. The second-order valence-corrected chi connectivity index (χ2v) is 4.25. The number of rotatable bonds is 2. The molecule has 0 aliphatic carbocycles. The van der Waals surface area contributed by atoms with E-state index in [1.54, 1.807) is 13.0 Å². The van der Waals surface area contributed by atoms with Gasteiger partial charge in [-0.3, -0.25) is 4.79 Å². The molecule has 2 rings (SSSR count). The topological polar surface area (TPSA) is 82.5 Å². The maximum atomic E-state index is 11.2. The van der Waals surface area contributed by atoms with Crippen molar-refractivity contribution in [2.45, 2.75) is 13.3 Å². The molecule has 6 nitrogen and oxygen atoms in total. The largest absolute Gasteiger partial charge is 0.478 e. The van der Waals surface area contributed by atoms with Crippen LogP contribution >= 0.6 is 0 Å². The molecule has 1 saturated heterocycles. The Morgan fingerprint density at radius 3 is 2.94 bits per heavy atom. The normalized spacial score (nSPS) is 16.1. The Hall–Kier alpha value is -2.11. The van der Waals surface area contributed by atoms with Gasteiger partial charge in [-0.15, -0.1) is 0 Å². The van der Waals surface area contributed by atoms with E-state index in [0.717, 1.165) is 0 Å². The number of pyridine rings is 1. The Kier molecular flexibility index (Phi) is 3.45. The van der Waals surface area contributed by atoms with Crippen molar-refractivity contribution >= 4 is 17.7 Å². The molecule has 0 atom stereocenters. The fraction of sp³-hybridized carbons (Fsp3) is 0.417. The van der Waals surface area contributed by atoms with Crippen molar-refractivity contribution in [1.82, 2.24) is 10.3 Å². The molecule has 18 heavy (non-hydrogen) atoms. The zero-order valence-electron chi connectivity index (χ0n) is 10.1. The van der Waals surface area contributed by atoms with E-state index >= 15 is 0 Å². The second kappa shape index (κ2) is 5.03. The SMILES string of the molecule is Cc1cc(C(=O)O)cc(N2CCNC(=O)CC2)n1. The predicted octanol–water partition coefficient (Wildman–Crippen LogP) is 0.415. The third-order valence-electron chi connectivity index (χ3n) is 2.82. The van der Waals surface area contributed by atoms with Crippen LogP contribution in [0.5, 0.6) is 0 Å². The average molecular weight is 249 g/mol. The van der Waals surface area contributed by atoms with Crippen LogP contribution in [-0.4, -0.2) is 41.6 Å². The molecule has 1 aromatic rings. The molecule has 1 amide bonds. The summed E-state index contributed by atoms with van der Waals surface area (Å²) in [5, 5.41) is 11.8. The van der Waals surface area contributed by atoms with E-state index in [1.165, 1.54) is 6.07 Å². The van der Waals surface area contributed by atoms with Crippen molar-refractivity contribution in [3.8, 4) is 0 Å². The number of carboxylic acids is 1. The van der Waals surface area contributed by atoms with Crippen LogP contribution in [-0.2, 0) is 4.79 Å². The van der Waals surface area contributed by atoms with Crippen LogP contribution in [0.25, 0.3) is 0 Å². The number of aromatic nitrogens is 1. The lowest BCUT2D eigenvalue weighted by Gasteiger charge is -2.21. The van der Waals surface area contributed by atoms with E-state index in [-0.39, 0.29) is 11.5 Å². The summed E-state index contributed by atoms with van der Waals surface area (Å²) in [7, 11) is 0. The Bertz CT molecular complexity index is 487. The molecule has 0 unspecified atom stereocenters. The summed E-state index contributed by atoms with van der Waals surface area (Å²) in [4.78, 5) is 28.5. The molecule has 0 bridgehead atoms. The molecule has 0 saturated carbocycles. The van der Waals surface area contributed by atoms with Gasteiger partial charge < -0.3 is 15.3 Å². The minimum absolute atomic E-state index is 0.0172. The van der Waals surface area contributed by atoms with Crippen molar-refractivity contribution in [3.63, 3.8) is 0 Å². The lowest BCUT2D eigenvalue weighted by atomic mass is 10.2. The molecule has 1 aromatic heterocycles. The molecule has 6 heteroatoms. The van der Waals surface area contributed by atoms with Gasteiger partial charge in [-0.2, -0.15) is 0 Å². The fourth-order valence-corrected chi connectivity index (χ4v) is 1.93. The first kappa shape index (κ1) is 12.3. The Morgan fingerprint density at radius 1 is 1.44 bits per heavy atom. The van der Waals surface area contributed by atoms with Gasteiger partial charge in [0.25, 0.3) is 0 Å². The molecular formula is C12H15N3O3. The standard InChI is InChI=1S/C12H15N3O3/c1-8-6-9(12(17)18)7-10(14-8)15-4-2-11(16)13-3-5-15/h6-7H,2-5H2,1H3,(H,13,16)(H,17,18). The first-order valence-corrected chi connectivity index (χ1v) is 5.80. The molecule has 0 radical (unpaired) electrons. The van der Waals surface area contributed by atoms with Gasteiger partial charge >= 0.3 is 5.97 Å². The summed E-state index contributed by atoms with van der Waals surface area (Å²) in [6.45, 7) is 3.51. The highest BCUT2D eigenvalue weighted by Crippen LogP contribution is 2.16. The number of nitrogens with zero attached hydrogens (tertiary/aromatic N) is 2. The summed E-state index contributed by atoms with van der Waals surface area (Å²) in [6, 6.07) is 3.08. The number of hydrogen-bond acceptors (Lipinski definition) is 4. The van der Waals surface area contributed by atoms with Crippen LogP contribution in [0.2, 0.25) is 0 Å². The van der Waals surface area contributed by atoms with Crippen molar-refractivity contribution in [2.24, 2.45) is 0 Å². The lowest BCUT2D eigenvalue weighted by Crippen LogP contribution is -2.29. The predicted molar refractivity (Wildman–Crippen MR) is 65.8 cm³/mol. The van der Waals surface area contributed by atoms with Crippen molar-refractivity contribution < 1.29 is 14.7 Å². The number of carbonyl (C=O) groups is 2. The lowest BCUT2D eigenvalue weighted by molar-refractivity contribution is -0.120. The number of nitrogens with one attached hydrogen (secondary N) is 1. The van der Waals surface area contributed by atoms with E-state index < -0.39 is 5.97 Å². The minimum Gasteiger partial charge on any atom is -0.478 e. The van der Waals surface area contributed by atoms with Crippen LogP contribution in [0.1, 0.15) is 22.5 Å². The zero-order chi connectivity index (χ0) is 13.1. The van der Waals surface area contributed by atoms with Gasteiger partial charge in [0.2, 0.25) is 5.91 Å². The highest BCUT2D eigenvalue weighted by molar-refractivity contribution is 5.88. The summed E-state index contributed by atoms with van der Waals surface area (Å²) in [6.07, 6.45) is 0.401. The maximum Gasteiger partial charge on any atom is 0.335 e. The number of carboxylic acid groups (broad SMARTS) is 1. The molecule has 2 heterocycles. The van der Waals surface area contributed by atoms with Gasteiger partial charge in [0, 0.05) is 31.7 Å². The first-order valence-electron chi connectivity index (χ1n) is 5.80. The average Bonchev–Trinajstić information content (AvgIpc) is 2.53. The number of carbonyl (C=O) groups excluding carboxylic acids is 1. The smallest absolute Gasteiger partial charge is 0.335 e. The van der Waals surface area contributed by atoms with Gasteiger partial charge in [0.15, 0.2) is 0 Å². The summed E-state index contributed by atoms with van der Waals surface area (Å²) >= 11 is 0. The third-order valence-corrected chi connectivity index (χ3v) is 2.82. The number of amides is 1. The maximum absolute atomic E-state index is 11.2. The summed E-state index contributed by atoms with van der Waals surface area (Å²) in [5.41, 5.74) is 0.884. The number of anilines is 1. The summed E-state index contributed by atoms with van der Waals surface area (Å²) in [5.74, 6) is -0.335. The minimum atomic E-state index is -0.967. The fourth-order valence-electron chi connectivity index (χ4n) is 1.93. The monoisotopic (exact) mass is 249 g/mol. The highest BCUT2D eigenvalue weighted by atomic mass is 16.4.